The number of hydrogen-bond acceptors (Lipinski definition) is 26. The largest absolute Gasteiger partial charge is 0.378 e. The number of aromatic nitrogens is 6. The van der Waals surface area contributed by atoms with E-state index in [1.807, 2.05) is 69.9 Å². The van der Waals surface area contributed by atoms with Crippen molar-refractivity contribution < 1.29 is 67.9 Å². The summed E-state index contributed by atoms with van der Waals surface area (Å²) in [4.78, 5) is 13.7. The van der Waals surface area contributed by atoms with Gasteiger partial charge in [0.2, 0.25) is 30.1 Å². The Hall–Kier alpha value is -6.31. The van der Waals surface area contributed by atoms with Crippen molar-refractivity contribution in [3.05, 3.63) is 213 Å². The van der Waals surface area contributed by atoms with Crippen molar-refractivity contribution in [2.75, 3.05) is 192 Å². The molecule has 11 rings (SSSR count). The molecule has 8 aromatic rings. The van der Waals surface area contributed by atoms with Crippen LogP contribution in [0.3, 0.4) is 0 Å². The van der Waals surface area contributed by atoms with Gasteiger partial charge in [-0.25, -0.2) is 48.8 Å². The van der Waals surface area contributed by atoms with Crippen LogP contribution >= 0.6 is 69.6 Å². The Balaban J connectivity index is 0.573. The van der Waals surface area contributed by atoms with Gasteiger partial charge < -0.3 is 63.2 Å². The molecule has 0 saturated heterocycles. The number of nitrogens with two attached hydrogens (primary N) is 1. The zero-order valence-corrected chi connectivity index (χ0v) is 74.7. The van der Waals surface area contributed by atoms with Gasteiger partial charge in [-0.3, -0.25) is 9.89 Å². The summed E-state index contributed by atoms with van der Waals surface area (Å²) >= 11 is 38.9. The van der Waals surface area contributed by atoms with E-state index < -0.39 is 30.1 Å². The summed E-state index contributed by atoms with van der Waals surface area (Å²) in [6.07, 6.45) is 5.16. The molecule has 0 fully saturated rings. The number of aliphatic imine (C=N–C) groups is 1. The van der Waals surface area contributed by atoms with E-state index in [0.717, 1.165) is 50.1 Å². The summed E-state index contributed by atoms with van der Waals surface area (Å²) in [7, 11) is -5.50. The minimum atomic E-state index is -3.84. The van der Waals surface area contributed by atoms with E-state index in [2.05, 4.69) is 59.5 Å². The molecule has 3 atom stereocenters. The van der Waals surface area contributed by atoms with Crippen molar-refractivity contribution in [2.45, 2.75) is 78.3 Å². The Labute approximate surface area is 737 Å². The van der Waals surface area contributed by atoms with Crippen LogP contribution in [0.5, 0.6) is 0 Å². The molecular formula is C81H104Cl6N16O15S3. The fraction of sp³-hybridized carbons (Fsp3) is 0.481. The third-order valence-electron chi connectivity index (χ3n) is 20.1. The lowest BCUT2D eigenvalue weighted by molar-refractivity contribution is 0.0137. The first kappa shape index (κ1) is 95.3. The number of ether oxygens (including phenoxy) is 9. The molecule has 3 aliphatic heterocycles. The van der Waals surface area contributed by atoms with Gasteiger partial charge in [0, 0.05) is 139 Å². The van der Waals surface area contributed by atoms with Crippen LogP contribution in [-0.4, -0.2) is 279 Å². The van der Waals surface area contributed by atoms with Gasteiger partial charge in [0.15, 0.2) is 0 Å². The quantitative estimate of drug-likeness (QED) is 0.0119. The number of likely N-dealkylation sites (N-methyl/N-ethyl adjacent to an activating group) is 3. The average Bonchev–Trinajstić information content (AvgIpc) is 1.19. The van der Waals surface area contributed by atoms with Crippen LogP contribution in [0.1, 0.15) is 79.2 Å². The predicted octanol–water partition coefficient (Wildman–Crippen LogP) is 8.99. The molecule has 0 aliphatic carbocycles. The van der Waals surface area contributed by atoms with E-state index in [0.29, 0.717) is 165 Å². The second-order valence-electron chi connectivity index (χ2n) is 29.3. The number of halogens is 6. The van der Waals surface area contributed by atoms with Crippen LogP contribution in [0.25, 0.3) is 0 Å². The molecule has 658 valence electrons. The molecule has 0 unspecified atom stereocenters. The topological polar surface area (TPSA) is 347 Å². The first-order chi connectivity index (χ1) is 58.4. The molecule has 3 aliphatic rings. The lowest BCUT2D eigenvalue weighted by Crippen LogP contribution is -2.31. The molecule has 5 N–H and O–H groups in total. The Morgan fingerprint density at radius 2 is 0.760 bits per heavy atom. The number of hydrogen-bond donors (Lipinski definition) is 4. The second kappa shape index (κ2) is 47.9. The van der Waals surface area contributed by atoms with Crippen molar-refractivity contribution in [3.8, 4) is 0 Å². The summed E-state index contributed by atoms with van der Waals surface area (Å²) in [5.74, 6) is 5.38. The summed E-state index contributed by atoms with van der Waals surface area (Å²) in [5, 5.41) is 24.8. The van der Waals surface area contributed by atoms with Crippen LogP contribution in [0.4, 0.5) is 0 Å². The second-order valence-corrected chi connectivity index (χ2v) is 37.1. The number of rotatable bonds is 52. The molecule has 5 heterocycles. The van der Waals surface area contributed by atoms with Gasteiger partial charge in [0.05, 0.1) is 177 Å². The lowest BCUT2D eigenvalue weighted by atomic mass is 9.85. The smallest absolute Gasteiger partial charge is 0.240 e. The third-order valence-corrected chi connectivity index (χ3v) is 26.1. The van der Waals surface area contributed by atoms with Gasteiger partial charge in [-0.05, 0) is 144 Å². The molecule has 0 amide bonds. The summed E-state index contributed by atoms with van der Waals surface area (Å²) < 4.78 is 143. The van der Waals surface area contributed by atoms with Gasteiger partial charge >= 0.3 is 0 Å². The van der Waals surface area contributed by atoms with E-state index in [1.165, 1.54) is 6.21 Å². The molecule has 2 aromatic heterocycles. The van der Waals surface area contributed by atoms with E-state index >= 15 is 0 Å². The average molecular weight is 1850 g/mol. The molecule has 0 bridgehead atoms. The van der Waals surface area contributed by atoms with E-state index in [4.69, 9.17) is 123 Å². The van der Waals surface area contributed by atoms with Crippen molar-refractivity contribution in [1.29, 1.82) is 0 Å². The third kappa shape index (κ3) is 29.4. The fourth-order valence-electron chi connectivity index (χ4n) is 14.4. The fourth-order valence-corrected chi connectivity index (χ4v) is 19.3. The molecule has 121 heavy (non-hydrogen) atoms. The number of nitrogens with zero attached hydrogens (tertiary/aromatic N) is 12. The van der Waals surface area contributed by atoms with Gasteiger partial charge in [0.25, 0.3) is 0 Å². The molecule has 0 radical (unpaired) electrons. The number of benzene rings is 6. The summed E-state index contributed by atoms with van der Waals surface area (Å²) in [6.45, 7) is 11.1. The van der Waals surface area contributed by atoms with E-state index in [-0.39, 0.29) is 131 Å². The molecule has 6 aromatic carbocycles. The Morgan fingerprint density at radius 1 is 0.446 bits per heavy atom. The van der Waals surface area contributed by atoms with Crippen molar-refractivity contribution in [1.82, 2.24) is 63.8 Å². The normalized spacial score (nSPS) is 16.4. The van der Waals surface area contributed by atoms with Crippen LogP contribution in [0.2, 0.25) is 30.1 Å². The van der Waals surface area contributed by atoms with Gasteiger partial charge in [-0.2, -0.15) is 5.10 Å². The summed E-state index contributed by atoms with van der Waals surface area (Å²) in [5.41, 5.74) is 10.3. The van der Waals surface area contributed by atoms with Crippen molar-refractivity contribution in [2.24, 2.45) is 15.9 Å². The maximum atomic E-state index is 13.4. The highest BCUT2D eigenvalue weighted by Gasteiger charge is 2.32. The minimum Gasteiger partial charge on any atom is -0.378 e. The minimum absolute atomic E-state index is 0.0646. The SMILES string of the molecule is CN1Cc2c(Cl)cc(Cl)cc2[C@H](c2cccc(S(=O)(=O)NCCOCCOCCOCCN=C(C=NN)CN(Cc3cn(CCOCCOCCOCCNS(=O)(=O)c4cccc([C@@H]5CN(C)Cc6c(Cl)cc(Cl)cc65)c4)nn3)Cc3cn(CCOCCOCCOCCNS(=O)(=O)c4cccc([C@@H]5CN(C)Cc6c(Cl)cc(Cl)cc65)c4)nn3)c2)C1. The molecule has 0 spiro atoms. The first-order valence-electron chi connectivity index (χ1n) is 39.6. The monoisotopic (exact) mass is 1850 g/mol. The van der Waals surface area contributed by atoms with Gasteiger partial charge in [-0.15, -0.1) is 10.2 Å². The lowest BCUT2D eigenvalue weighted by Gasteiger charge is -2.33. The zero-order chi connectivity index (χ0) is 85.7. The highest BCUT2D eigenvalue weighted by Crippen LogP contribution is 2.42. The number of fused-ring (bicyclic) bond motifs is 3. The molecule has 31 nitrogen and oxygen atoms in total. The van der Waals surface area contributed by atoms with Crippen LogP contribution in [0, 0.1) is 0 Å². The zero-order valence-electron chi connectivity index (χ0n) is 67.8. The van der Waals surface area contributed by atoms with Gasteiger partial charge in [-0.1, -0.05) is 116 Å². The Bertz CT molecular complexity index is 4890. The Kier molecular flexibility index (Phi) is 37.7. The first-order valence-corrected chi connectivity index (χ1v) is 46.3. The Morgan fingerprint density at radius 3 is 1.09 bits per heavy atom. The molecule has 40 heteroatoms. The van der Waals surface area contributed by atoms with Crippen LogP contribution in [-0.2, 0) is 119 Å². The number of hydrazone groups is 1. The molecular weight excluding hydrogens is 1750 g/mol. The number of sulfonamides is 3. The van der Waals surface area contributed by atoms with Crippen molar-refractivity contribution in [3.63, 3.8) is 0 Å². The highest BCUT2D eigenvalue weighted by atomic mass is 35.5. The van der Waals surface area contributed by atoms with Gasteiger partial charge in [0.1, 0.15) is 0 Å². The van der Waals surface area contributed by atoms with Crippen LogP contribution < -0.4 is 20.0 Å². The van der Waals surface area contributed by atoms with E-state index in [1.54, 1.807) is 82.2 Å². The maximum absolute atomic E-state index is 13.4. The predicted molar refractivity (Wildman–Crippen MR) is 465 cm³/mol. The highest BCUT2D eigenvalue weighted by molar-refractivity contribution is 7.90. The standard InChI is InChI=1S/C81H104Cl6N16O15S3/c1-98-52-73(70-40-61(82)43-79(85)76(70)55-98)58-7-4-10-67(37-58)119(104,105)91-14-20-111-26-32-116-31-25-110-19-13-89-64(46-90-88)47-101(48-65-50-102(96-94-65)17-23-114-29-35-117-33-27-112-21-15-92-120(106,107)68-11-5-8-59(38-68)74-53-99(2)56-77-71(74)41-62(83)44-80(77)86)49-66-51-103(97-95-66)18-24-115-30-36-118-34-28-113-22-16-93-121(108,109)69-12-6-9-60(39-69)75-54-100(3)57-78-72(75)42-63(84)45-81(78)87/h4-12,37-46,50-51,73-75,91-93H,13-36,47-49,52-57,88H2,1-3H3/t73-,74-,75-/m0/s1. The van der Waals surface area contributed by atoms with Crippen molar-refractivity contribution >= 4 is 112 Å². The maximum Gasteiger partial charge on any atom is 0.240 e. The van der Waals surface area contributed by atoms with Crippen LogP contribution in [0.15, 0.2) is 146 Å². The number of nitrogens with one attached hydrogen (secondary N) is 3. The van der Waals surface area contributed by atoms with E-state index in [9.17, 15) is 25.3 Å². The summed E-state index contributed by atoms with van der Waals surface area (Å²) in [6, 6.07) is 31.7. The molecule has 0 saturated carbocycles.